The van der Waals surface area contributed by atoms with Crippen LogP contribution >= 0.6 is 0 Å². The Kier molecular flexibility index (Phi) is 3.20. The van der Waals surface area contributed by atoms with E-state index in [1.165, 1.54) is 32.1 Å². The topological polar surface area (TPSA) is 0 Å². The summed E-state index contributed by atoms with van der Waals surface area (Å²) in [5.74, 6) is 1.92. The molecule has 12 heavy (non-hydrogen) atoms. The fourth-order valence-electron chi connectivity index (χ4n) is 2.98. The Labute approximate surface area is 77.7 Å². The second-order valence-corrected chi connectivity index (χ2v) is 4.87. The molecular weight excluding hydrogens is 144 g/mol. The van der Waals surface area contributed by atoms with Crippen LogP contribution in [-0.4, -0.2) is 0 Å². The highest BCUT2D eigenvalue weighted by Gasteiger charge is 2.39. The minimum absolute atomic E-state index is 0.716. The van der Waals surface area contributed by atoms with Crippen LogP contribution in [0.4, 0.5) is 0 Å². The SMILES string of the molecule is CCC(C)C1(CC)CCC(C)C1. The molecule has 0 radical (unpaired) electrons. The number of rotatable bonds is 3. The van der Waals surface area contributed by atoms with Crippen molar-refractivity contribution in [3.05, 3.63) is 0 Å². The molecule has 3 atom stereocenters. The lowest BCUT2D eigenvalue weighted by molar-refractivity contribution is 0.162. The molecule has 1 aliphatic carbocycles. The molecule has 0 aromatic heterocycles. The Morgan fingerprint density at radius 1 is 1.42 bits per heavy atom. The molecule has 1 rings (SSSR count). The second-order valence-electron chi connectivity index (χ2n) is 4.87. The third-order valence-electron chi connectivity index (χ3n) is 4.25. The van der Waals surface area contributed by atoms with Crippen molar-refractivity contribution in [2.45, 2.75) is 59.8 Å². The van der Waals surface area contributed by atoms with E-state index in [4.69, 9.17) is 0 Å². The monoisotopic (exact) mass is 168 g/mol. The maximum Gasteiger partial charge on any atom is -0.0272 e. The Hall–Kier alpha value is 0. The lowest BCUT2D eigenvalue weighted by atomic mass is 9.71. The van der Waals surface area contributed by atoms with E-state index in [9.17, 15) is 0 Å². The zero-order chi connectivity index (χ0) is 9.19. The van der Waals surface area contributed by atoms with Crippen molar-refractivity contribution in [2.75, 3.05) is 0 Å². The predicted molar refractivity (Wildman–Crippen MR) is 55.2 cm³/mol. The van der Waals surface area contributed by atoms with E-state index in [0.29, 0.717) is 5.41 Å². The largest absolute Gasteiger partial charge is 0.0651 e. The molecule has 1 saturated carbocycles. The fourth-order valence-corrected chi connectivity index (χ4v) is 2.98. The van der Waals surface area contributed by atoms with E-state index in [1.54, 1.807) is 0 Å². The molecular formula is C12H24. The highest BCUT2D eigenvalue weighted by molar-refractivity contribution is 4.89. The van der Waals surface area contributed by atoms with E-state index in [-0.39, 0.29) is 0 Å². The fraction of sp³-hybridized carbons (Fsp3) is 1.00. The molecule has 0 heterocycles. The van der Waals surface area contributed by atoms with Gasteiger partial charge in [0.1, 0.15) is 0 Å². The van der Waals surface area contributed by atoms with Gasteiger partial charge in [-0.05, 0) is 30.1 Å². The summed E-state index contributed by atoms with van der Waals surface area (Å²) in [6.45, 7) is 9.58. The third kappa shape index (κ3) is 1.67. The summed E-state index contributed by atoms with van der Waals surface area (Å²) in [5.41, 5.74) is 0.716. The summed E-state index contributed by atoms with van der Waals surface area (Å²) in [5, 5.41) is 0. The molecule has 1 fully saturated rings. The van der Waals surface area contributed by atoms with Gasteiger partial charge in [0.2, 0.25) is 0 Å². The summed E-state index contributed by atoms with van der Waals surface area (Å²) < 4.78 is 0. The molecule has 0 aromatic rings. The van der Waals surface area contributed by atoms with E-state index in [0.717, 1.165) is 11.8 Å². The van der Waals surface area contributed by atoms with Crippen LogP contribution in [0.1, 0.15) is 59.8 Å². The van der Waals surface area contributed by atoms with E-state index < -0.39 is 0 Å². The van der Waals surface area contributed by atoms with Crippen LogP contribution in [0, 0.1) is 17.3 Å². The highest BCUT2D eigenvalue weighted by atomic mass is 14.4. The van der Waals surface area contributed by atoms with Crippen molar-refractivity contribution < 1.29 is 0 Å². The molecule has 0 amide bonds. The van der Waals surface area contributed by atoms with Gasteiger partial charge in [0.05, 0.1) is 0 Å². The van der Waals surface area contributed by atoms with Crippen LogP contribution < -0.4 is 0 Å². The first kappa shape index (κ1) is 10.1. The zero-order valence-electron chi connectivity index (χ0n) is 9.19. The van der Waals surface area contributed by atoms with Gasteiger partial charge in [0.25, 0.3) is 0 Å². The van der Waals surface area contributed by atoms with Gasteiger partial charge >= 0.3 is 0 Å². The minimum atomic E-state index is 0.716. The minimum Gasteiger partial charge on any atom is -0.0651 e. The van der Waals surface area contributed by atoms with Crippen LogP contribution in [0.2, 0.25) is 0 Å². The lowest BCUT2D eigenvalue weighted by Gasteiger charge is -2.34. The van der Waals surface area contributed by atoms with Gasteiger partial charge in [0, 0.05) is 0 Å². The Balaban J connectivity index is 2.63. The van der Waals surface area contributed by atoms with Crippen molar-refractivity contribution in [2.24, 2.45) is 17.3 Å². The molecule has 0 nitrogen and oxygen atoms in total. The van der Waals surface area contributed by atoms with Gasteiger partial charge in [-0.1, -0.05) is 47.0 Å². The summed E-state index contributed by atoms with van der Waals surface area (Å²) in [6, 6.07) is 0. The van der Waals surface area contributed by atoms with Crippen molar-refractivity contribution in [3.8, 4) is 0 Å². The quantitative estimate of drug-likeness (QED) is 0.591. The smallest absolute Gasteiger partial charge is 0.0272 e. The average Bonchev–Trinajstić information content (AvgIpc) is 2.47. The Morgan fingerprint density at radius 3 is 2.42 bits per heavy atom. The molecule has 0 spiro atoms. The molecule has 3 unspecified atom stereocenters. The second kappa shape index (κ2) is 3.81. The third-order valence-corrected chi connectivity index (χ3v) is 4.25. The van der Waals surface area contributed by atoms with Crippen LogP contribution in [0.15, 0.2) is 0 Å². The maximum atomic E-state index is 2.45. The molecule has 0 bridgehead atoms. The normalized spacial score (nSPS) is 38.5. The van der Waals surface area contributed by atoms with Crippen LogP contribution in [0.3, 0.4) is 0 Å². The molecule has 0 aromatic carbocycles. The molecule has 0 saturated heterocycles. The van der Waals surface area contributed by atoms with Crippen molar-refractivity contribution in [3.63, 3.8) is 0 Å². The van der Waals surface area contributed by atoms with Gasteiger partial charge in [-0.15, -0.1) is 0 Å². The first-order chi connectivity index (χ1) is 5.64. The molecule has 72 valence electrons. The standard InChI is InChI=1S/C12H24/c1-5-11(4)12(6-2)8-7-10(3)9-12/h10-11H,5-9H2,1-4H3. The van der Waals surface area contributed by atoms with Gasteiger partial charge in [-0.2, -0.15) is 0 Å². The van der Waals surface area contributed by atoms with Crippen LogP contribution in [0.5, 0.6) is 0 Å². The van der Waals surface area contributed by atoms with Gasteiger partial charge in [-0.25, -0.2) is 0 Å². The Morgan fingerprint density at radius 2 is 2.08 bits per heavy atom. The zero-order valence-corrected chi connectivity index (χ0v) is 9.19. The van der Waals surface area contributed by atoms with Crippen molar-refractivity contribution in [1.29, 1.82) is 0 Å². The predicted octanol–water partition coefficient (Wildman–Crippen LogP) is 4.25. The van der Waals surface area contributed by atoms with E-state index >= 15 is 0 Å². The number of hydrogen-bond acceptors (Lipinski definition) is 0. The van der Waals surface area contributed by atoms with Crippen LogP contribution in [-0.2, 0) is 0 Å². The van der Waals surface area contributed by atoms with Gasteiger partial charge in [0.15, 0.2) is 0 Å². The summed E-state index contributed by atoms with van der Waals surface area (Å²) >= 11 is 0. The summed E-state index contributed by atoms with van der Waals surface area (Å²) in [4.78, 5) is 0. The van der Waals surface area contributed by atoms with Crippen molar-refractivity contribution in [1.82, 2.24) is 0 Å². The average molecular weight is 168 g/mol. The van der Waals surface area contributed by atoms with Gasteiger partial charge < -0.3 is 0 Å². The first-order valence-corrected chi connectivity index (χ1v) is 5.64. The first-order valence-electron chi connectivity index (χ1n) is 5.64. The summed E-state index contributed by atoms with van der Waals surface area (Å²) in [6.07, 6.45) is 7.20. The van der Waals surface area contributed by atoms with Crippen LogP contribution in [0.25, 0.3) is 0 Å². The molecule has 0 aliphatic heterocycles. The number of hydrogen-bond donors (Lipinski definition) is 0. The molecule has 0 heteroatoms. The molecule has 0 N–H and O–H groups in total. The lowest BCUT2D eigenvalue weighted by Crippen LogP contribution is -2.24. The van der Waals surface area contributed by atoms with E-state index in [1.807, 2.05) is 0 Å². The Bertz CT molecular complexity index is 139. The molecule has 1 aliphatic rings. The van der Waals surface area contributed by atoms with Crippen molar-refractivity contribution >= 4 is 0 Å². The highest BCUT2D eigenvalue weighted by Crippen LogP contribution is 2.50. The van der Waals surface area contributed by atoms with E-state index in [2.05, 4.69) is 27.7 Å². The summed E-state index contributed by atoms with van der Waals surface area (Å²) in [7, 11) is 0. The van der Waals surface area contributed by atoms with Gasteiger partial charge in [-0.3, -0.25) is 0 Å². The maximum absolute atomic E-state index is 2.45.